The van der Waals surface area contributed by atoms with Gasteiger partial charge in [-0.25, -0.2) is 15.1 Å². The Morgan fingerprint density at radius 1 is 0.971 bits per heavy atom. The molecule has 3 aliphatic carbocycles. The van der Waals surface area contributed by atoms with E-state index in [-0.39, 0.29) is 42.7 Å². The summed E-state index contributed by atoms with van der Waals surface area (Å²) < 4.78 is 5.57. The van der Waals surface area contributed by atoms with Crippen LogP contribution in [0.5, 0.6) is 0 Å². The van der Waals surface area contributed by atoms with Crippen molar-refractivity contribution in [1.82, 2.24) is 10.8 Å². The highest BCUT2D eigenvalue weighted by molar-refractivity contribution is 5.79. The van der Waals surface area contributed by atoms with Gasteiger partial charge in [-0.1, -0.05) is 48.5 Å². The number of fused-ring (bicyclic) bond motifs is 3. The molecule has 0 aliphatic heterocycles. The van der Waals surface area contributed by atoms with Gasteiger partial charge in [-0.15, -0.1) is 0 Å². The number of carboxylic acid groups (broad SMARTS) is 1. The lowest BCUT2D eigenvalue weighted by atomic mass is 9.78. The number of hydrogen-bond donors (Lipinski definition) is 3. The van der Waals surface area contributed by atoms with Crippen molar-refractivity contribution in [2.45, 2.75) is 50.2 Å². The summed E-state index contributed by atoms with van der Waals surface area (Å²) >= 11 is 0. The van der Waals surface area contributed by atoms with Gasteiger partial charge in [0.05, 0.1) is 0 Å². The van der Waals surface area contributed by atoms with Crippen LogP contribution in [0, 0.1) is 11.8 Å². The number of carboxylic acids is 1. The smallest absolute Gasteiger partial charge is 0.407 e. The number of carbonyl (C=O) groups excluding carboxylic acids is 2. The van der Waals surface area contributed by atoms with E-state index >= 15 is 0 Å². The maximum atomic E-state index is 12.4. The molecular weight excluding hydrogens is 436 g/mol. The van der Waals surface area contributed by atoms with Crippen LogP contribution in [0.3, 0.4) is 0 Å². The molecule has 2 aromatic rings. The average Bonchev–Trinajstić information content (AvgIpc) is 3.58. The van der Waals surface area contributed by atoms with Gasteiger partial charge < -0.3 is 15.2 Å². The predicted octanol–water partition coefficient (Wildman–Crippen LogP) is 3.60. The Morgan fingerprint density at radius 3 is 2.18 bits per heavy atom. The molecule has 1 unspecified atom stereocenters. The van der Waals surface area contributed by atoms with E-state index in [0.717, 1.165) is 12.8 Å². The number of amides is 2. The number of hydroxylamine groups is 1. The molecule has 178 valence electrons. The molecule has 2 fully saturated rings. The lowest BCUT2D eigenvalue weighted by Crippen LogP contribution is -2.46. The molecular formula is C26H28N2O6. The molecule has 8 nitrogen and oxygen atoms in total. The molecule has 0 spiro atoms. The van der Waals surface area contributed by atoms with Crippen LogP contribution >= 0.6 is 0 Å². The maximum absolute atomic E-state index is 12.4. The molecule has 2 aromatic carbocycles. The molecule has 5 rings (SSSR count). The van der Waals surface area contributed by atoms with E-state index in [1.807, 2.05) is 24.3 Å². The number of aliphatic carboxylic acids is 1. The maximum Gasteiger partial charge on any atom is 0.407 e. The van der Waals surface area contributed by atoms with Gasteiger partial charge >= 0.3 is 12.1 Å². The average molecular weight is 465 g/mol. The van der Waals surface area contributed by atoms with Crippen molar-refractivity contribution in [1.29, 1.82) is 0 Å². The van der Waals surface area contributed by atoms with Crippen LogP contribution in [0.4, 0.5) is 4.79 Å². The van der Waals surface area contributed by atoms with Crippen molar-refractivity contribution in [2.75, 3.05) is 6.61 Å². The Labute approximate surface area is 197 Å². The molecule has 0 bridgehead atoms. The van der Waals surface area contributed by atoms with Gasteiger partial charge in [-0.2, -0.15) is 0 Å². The Hall–Kier alpha value is -3.39. The number of rotatable bonds is 9. The third-order valence-electron chi connectivity index (χ3n) is 6.97. The molecule has 1 atom stereocenters. The zero-order chi connectivity index (χ0) is 23.7. The third-order valence-corrected chi connectivity index (χ3v) is 6.97. The Balaban J connectivity index is 1.04. The highest BCUT2D eigenvalue weighted by Gasteiger charge is 2.39. The lowest BCUT2D eigenvalue weighted by molar-refractivity contribution is -0.163. The Bertz CT molecular complexity index is 1050. The molecule has 3 N–H and O–H groups in total. The molecule has 2 amide bonds. The zero-order valence-electron chi connectivity index (χ0n) is 18.7. The summed E-state index contributed by atoms with van der Waals surface area (Å²) in [5.41, 5.74) is 6.98. The third kappa shape index (κ3) is 4.77. The summed E-state index contributed by atoms with van der Waals surface area (Å²) in [7, 11) is 0. The summed E-state index contributed by atoms with van der Waals surface area (Å²) in [4.78, 5) is 40.7. The van der Waals surface area contributed by atoms with Gasteiger partial charge in [-0.3, -0.25) is 9.63 Å². The van der Waals surface area contributed by atoms with Crippen molar-refractivity contribution in [3.63, 3.8) is 0 Å². The number of carbonyl (C=O) groups is 3. The number of hydrogen-bond acceptors (Lipinski definition) is 5. The van der Waals surface area contributed by atoms with Crippen LogP contribution < -0.4 is 10.8 Å². The minimum atomic E-state index is -1.06. The standard InChI is InChI=1S/C26H28N2O6/c29-23(28-34-24(25(30)31)16-9-10-16)13-15-11-17(12-15)27-26(32)33-14-22-20-7-3-1-5-18(20)19-6-2-4-8-21(19)22/h1-8,15-17,22,24H,9-14H2,(H,27,32)(H,28,29)(H,30,31). The second-order valence-corrected chi connectivity index (χ2v) is 9.45. The minimum Gasteiger partial charge on any atom is -0.479 e. The van der Waals surface area contributed by atoms with Crippen LogP contribution in [-0.2, 0) is 19.2 Å². The van der Waals surface area contributed by atoms with Gasteiger partial charge in [0.1, 0.15) is 6.61 Å². The summed E-state index contributed by atoms with van der Waals surface area (Å²) in [6.45, 7) is 0.265. The first-order chi connectivity index (χ1) is 16.5. The van der Waals surface area contributed by atoms with Crippen LogP contribution in [0.2, 0.25) is 0 Å². The van der Waals surface area contributed by atoms with Crippen molar-refractivity contribution in [3.05, 3.63) is 59.7 Å². The van der Waals surface area contributed by atoms with Crippen molar-refractivity contribution in [2.24, 2.45) is 11.8 Å². The molecule has 0 radical (unpaired) electrons. The van der Waals surface area contributed by atoms with Crippen molar-refractivity contribution < 1.29 is 29.1 Å². The van der Waals surface area contributed by atoms with E-state index in [1.165, 1.54) is 22.3 Å². The van der Waals surface area contributed by atoms with E-state index in [0.29, 0.717) is 12.8 Å². The largest absolute Gasteiger partial charge is 0.479 e. The number of alkyl carbamates (subject to hydrolysis) is 1. The van der Waals surface area contributed by atoms with Crippen molar-refractivity contribution >= 4 is 18.0 Å². The second kappa shape index (κ2) is 9.46. The number of benzene rings is 2. The molecule has 3 aliphatic rings. The normalized spacial score (nSPS) is 21.5. The summed E-state index contributed by atoms with van der Waals surface area (Å²) in [6.07, 6.45) is 1.75. The van der Waals surface area contributed by atoms with Crippen molar-refractivity contribution in [3.8, 4) is 11.1 Å². The second-order valence-electron chi connectivity index (χ2n) is 9.45. The highest BCUT2D eigenvalue weighted by Crippen LogP contribution is 2.44. The summed E-state index contributed by atoms with van der Waals surface area (Å²) in [5.74, 6) is -1.28. The Kier molecular flexibility index (Phi) is 6.24. The van der Waals surface area contributed by atoms with E-state index in [2.05, 4.69) is 35.1 Å². The van der Waals surface area contributed by atoms with E-state index in [1.54, 1.807) is 0 Å². The Morgan fingerprint density at radius 2 is 1.59 bits per heavy atom. The highest BCUT2D eigenvalue weighted by atomic mass is 16.7. The fourth-order valence-electron chi connectivity index (χ4n) is 5.01. The first-order valence-corrected chi connectivity index (χ1v) is 11.8. The quantitative estimate of drug-likeness (QED) is 0.489. The molecule has 0 aromatic heterocycles. The monoisotopic (exact) mass is 464 g/mol. The molecule has 0 saturated heterocycles. The first-order valence-electron chi connectivity index (χ1n) is 11.8. The fraction of sp³-hybridized carbons (Fsp3) is 0.423. The zero-order valence-corrected chi connectivity index (χ0v) is 18.7. The SMILES string of the molecule is O=C(CC1CC(NC(=O)OCC2c3ccccc3-c3ccccc32)C1)NOC(C(=O)O)C1CC1. The summed E-state index contributed by atoms with van der Waals surface area (Å²) in [6, 6.07) is 16.3. The fourth-order valence-corrected chi connectivity index (χ4v) is 5.01. The molecule has 0 heterocycles. The van der Waals surface area contributed by atoms with Gasteiger partial charge in [0.2, 0.25) is 5.91 Å². The van der Waals surface area contributed by atoms with E-state index in [9.17, 15) is 14.4 Å². The number of nitrogens with one attached hydrogen (secondary N) is 2. The van der Waals surface area contributed by atoms with Gasteiger partial charge in [0.25, 0.3) is 0 Å². The van der Waals surface area contributed by atoms with Crippen LogP contribution in [-0.4, -0.2) is 41.8 Å². The predicted molar refractivity (Wildman–Crippen MR) is 123 cm³/mol. The molecule has 8 heteroatoms. The summed E-state index contributed by atoms with van der Waals surface area (Å²) in [5, 5.41) is 12.0. The van der Waals surface area contributed by atoms with Gasteiger partial charge in [0.15, 0.2) is 6.10 Å². The van der Waals surface area contributed by atoms with Gasteiger partial charge in [0, 0.05) is 18.4 Å². The topological polar surface area (TPSA) is 114 Å². The van der Waals surface area contributed by atoms with Crippen LogP contribution in [0.25, 0.3) is 11.1 Å². The first kappa shape index (κ1) is 22.4. The van der Waals surface area contributed by atoms with E-state index < -0.39 is 18.2 Å². The van der Waals surface area contributed by atoms with Crippen LogP contribution in [0.1, 0.15) is 49.1 Å². The lowest BCUT2D eigenvalue weighted by Gasteiger charge is -2.35. The minimum absolute atomic E-state index is 0.0150. The molecule has 34 heavy (non-hydrogen) atoms. The van der Waals surface area contributed by atoms with Crippen LogP contribution in [0.15, 0.2) is 48.5 Å². The number of ether oxygens (including phenoxy) is 1. The molecule has 2 saturated carbocycles. The van der Waals surface area contributed by atoms with Gasteiger partial charge in [-0.05, 0) is 59.8 Å². The van der Waals surface area contributed by atoms with E-state index in [4.69, 9.17) is 14.7 Å².